The Morgan fingerprint density at radius 3 is 2.54 bits per heavy atom. The molecule has 8 atom stereocenters. The number of ether oxygens (including phenoxy) is 5. The Bertz CT molecular complexity index is 1080. The van der Waals surface area contributed by atoms with Crippen LogP contribution >= 0.6 is 0 Å². The van der Waals surface area contributed by atoms with Gasteiger partial charge in [-0.1, -0.05) is 6.08 Å². The van der Waals surface area contributed by atoms with Crippen LogP contribution in [0.5, 0.6) is 11.5 Å². The number of carbonyl (C=O) groups excluding carboxylic acids is 1. The molecule has 0 amide bonds. The minimum Gasteiger partial charge on any atom is -0.504 e. The Kier molecular flexibility index (Phi) is 8.02. The number of aliphatic hydroxyl groups is 4. The number of phenolic OH excluding ortho intramolecular Hbond substituents is 1. The molecule has 0 radical (unpaired) electrons. The summed E-state index contributed by atoms with van der Waals surface area (Å²) in [4.78, 5) is 24.4. The van der Waals surface area contributed by atoms with Crippen LogP contribution in [-0.4, -0.2) is 99.9 Å². The van der Waals surface area contributed by atoms with Gasteiger partial charge in [-0.25, -0.2) is 9.59 Å². The van der Waals surface area contributed by atoms with Gasteiger partial charge in [-0.05, 0) is 30.2 Å². The molecule has 2 heterocycles. The number of hydrogen-bond donors (Lipinski definition) is 6. The summed E-state index contributed by atoms with van der Waals surface area (Å²) in [5, 5.41) is 59.2. The maximum atomic E-state index is 12.6. The van der Waals surface area contributed by atoms with Crippen LogP contribution in [0.4, 0.5) is 0 Å². The van der Waals surface area contributed by atoms with Gasteiger partial charge in [-0.2, -0.15) is 0 Å². The fraction of sp³-hybridized carbons (Fsp3) is 0.500. The number of esters is 1. The van der Waals surface area contributed by atoms with Crippen LogP contribution in [0.2, 0.25) is 0 Å². The van der Waals surface area contributed by atoms with Crippen molar-refractivity contribution in [1.82, 2.24) is 0 Å². The Labute approximate surface area is 210 Å². The minimum atomic E-state index is -1.69. The van der Waals surface area contributed by atoms with Crippen molar-refractivity contribution >= 4 is 11.9 Å². The summed E-state index contributed by atoms with van der Waals surface area (Å²) in [6.45, 7) is -0.900. The monoisotopic (exact) mass is 524 g/mol. The molecule has 13 nitrogen and oxygen atoms in total. The van der Waals surface area contributed by atoms with Crippen molar-refractivity contribution in [2.24, 2.45) is 11.8 Å². The van der Waals surface area contributed by atoms with Gasteiger partial charge in [0.15, 0.2) is 17.8 Å². The van der Waals surface area contributed by atoms with Crippen LogP contribution in [0.3, 0.4) is 0 Å². The summed E-state index contributed by atoms with van der Waals surface area (Å²) < 4.78 is 27.1. The lowest BCUT2D eigenvalue weighted by Gasteiger charge is -2.42. The number of allylic oxidation sites excluding steroid dienone is 1. The lowest BCUT2D eigenvalue weighted by Crippen LogP contribution is -2.60. The van der Waals surface area contributed by atoms with E-state index in [1.165, 1.54) is 25.3 Å². The number of fused-ring (bicyclic) bond motifs is 1. The van der Waals surface area contributed by atoms with Crippen LogP contribution in [0.1, 0.15) is 16.8 Å². The van der Waals surface area contributed by atoms with E-state index in [1.807, 2.05) is 0 Å². The van der Waals surface area contributed by atoms with Crippen molar-refractivity contribution in [3.63, 3.8) is 0 Å². The molecule has 3 aliphatic rings. The van der Waals surface area contributed by atoms with Crippen molar-refractivity contribution in [3.05, 3.63) is 47.2 Å². The summed E-state index contributed by atoms with van der Waals surface area (Å²) in [5.41, 5.74) is 0.579. The molecule has 4 rings (SSSR count). The number of aliphatic hydroxyl groups excluding tert-OH is 4. The van der Waals surface area contributed by atoms with Crippen molar-refractivity contribution in [2.75, 3.05) is 20.3 Å². The molecule has 37 heavy (non-hydrogen) atoms. The van der Waals surface area contributed by atoms with E-state index < -0.39 is 67.4 Å². The molecule has 1 aromatic carbocycles. The van der Waals surface area contributed by atoms with E-state index >= 15 is 0 Å². The first-order valence-electron chi connectivity index (χ1n) is 11.4. The number of carboxylic acid groups (broad SMARTS) is 1. The average molecular weight is 524 g/mol. The average Bonchev–Trinajstić information content (AvgIpc) is 3.32. The number of carboxylic acids is 1. The number of aromatic hydroxyl groups is 1. The molecule has 2 aliphatic heterocycles. The van der Waals surface area contributed by atoms with Gasteiger partial charge in [0.05, 0.1) is 37.0 Å². The fourth-order valence-corrected chi connectivity index (χ4v) is 4.65. The standard InChI is InChI=1S/C24H28O13/c1-33-15-6-10(3-5-14(15)26)22(32)34-8-11-2-4-12-13(21(30)31)9-35-23(17(11)12)37-24-20(29)19(28)18(27)16(7-25)36-24/h2-3,5-6,9,12,16-20,23-29H,4,7-8H2,1H3,(H,30,31)/t12-,16+,17+,18+,19-,20+,23-,24-/m0/s1. The van der Waals surface area contributed by atoms with Gasteiger partial charge < -0.3 is 54.3 Å². The zero-order valence-electron chi connectivity index (χ0n) is 19.7. The summed E-state index contributed by atoms with van der Waals surface area (Å²) in [6.07, 6.45) is -5.89. The highest BCUT2D eigenvalue weighted by Gasteiger charge is 2.49. The molecule has 0 bridgehead atoms. The third-order valence-electron chi connectivity index (χ3n) is 6.67. The second kappa shape index (κ2) is 11.0. The molecule has 0 unspecified atom stereocenters. The Morgan fingerprint density at radius 2 is 1.86 bits per heavy atom. The van der Waals surface area contributed by atoms with Gasteiger partial charge in [0.25, 0.3) is 0 Å². The quantitative estimate of drug-likeness (QED) is 0.184. The molecule has 1 aromatic rings. The highest BCUT2D eigenvalue weighted by molar-refractivity contribution is 5.90. The molecule has 202 valence electrons. The van der Waals surface area contributed by atoms with Gasteiger partial charge in [0.1, 0.15) is 31.0 Å². The normalized spacial score (nSPS) is 33.0. The molecule has 0 aromatic heterocycles. The van der Waals surface area contributed by atoms with E-state index in [-0.39, 0.29) is 35.7 Å². The molecule has 1 saturated heterocycles. The first-order chi connectivity index (χ1) is 17.7. The molecule has 0 saturated carbocycles. The van der Waals surface area contributed by atoms with Crippen molar-refractivity contribution in [1.29, 1.82) is 0 Å². The molecule has 6 N–H and O–H groups in total. The smallest absolute Gasteiger partial charge is 0.338 e. The van der Waals surface area contributed by atoms with Gasteiger partial charge in [0, 0.05) is 5.92 Å². The highest BCUT2D eigenvalue weighted by atomic mass is 16.8. The van der Waals surface area contributed by atoms with Crippen LogP contribution < -0.4 is 4.74 Å². The third kappa shape index (κ3) is 5.28. The van der Waals surface area contributed by atoms with E-state index in [0.29, 0.717) is 5.57 Å². The number of carbonyl (C=O) groups is 2. The van der Waals surface area contributed by atoms with Gasteiger partial charge in [-0.15, -0.1) is 0 Å². The van der Waals surface area contributed by atoms with E-state index in [1.54, 1.807) is 6.08 Å². The molecule has 1 fully saturated rings. The molecular formula is C24H28O13. The number of hydrogen-bond acceptors (Lipinski definition) is 12. The Morgan fingerprint density at radius 1 is 1.11 bits per heavy atom. The second-order valence-corrected chi connectivity index (χ2v) is 8.83. The number of aliphatic carboxylic acids is 1. The van der Waals surface area contributed by atoms with Crippen molar-refractivity contribution in [2.45, 2.75) is 43.4 Å². The van der Waals surface area contributed by atoms with Gasteiger partial charge >= 0.3 is 11.9 Å². The van der Waals surface area contributed by atoms with Crippen LogP contribution in [0, 0.1) is 11.8 Å². The number of methoxy groups -OCH3 is 1. The second-order valence-electron chi connectivity index (χ2n) is 8.83. The zero-order valence-corrected chi connectivity index (χ0v) is 19.7. The molecule has 1 aliphatic carbocycles. The summed E-state index contributed by atoms with van der Waals surface area (Å²) in [6, 6.07) is 3.94. The number of phenols is 1. The highest BCUT2D eigenvalue weighted by Crippen LogP contribution is 2.44. The maximum absolute atomic E-state index is 12.6. The molecular weight excluding hydrogens is 496 g/mol. The molecule has 0 spiro atoms. The van der Waals surface area contributed by atoms with Crippen LogP contribution in [0.25, 0.3) is 0 Å². The lowest BCUT2D eigenvalue weighted by molar-refractivity contribution is -0.339. The first-order valence-corrected chi connectivity index (χ1v) is 11.4. The van der Waals surface area contributed by atoms with E-state index in [0.717, 1.165) is 6.26 Å². The topological polar surface area (TPSA) is 202 Å². The number of rotatable bonds is 8. The molecule has 13 heteroatoms. The van der Waals surface area contributed by atoms with Gasteiger partial charge in [-0.3, -0.25) is 0 Å². The van der Waals surface area contributed by atoms with Gasteiger partial charge in [0.2, 0.25) is 6.29 Å². The predicted octanol–water partition coefficient (Wildman–Crippen LogP) is -0.739. The Hall–Kier alpha value is -3.20. The van der Waals surface area contributed by atoms with E-state index in [9.17, 15) is 40.2 Å². The lowest BCUT2D eigenvalue weighted by atomic mass is 9.83. The zero-order chi connectivity index (χ0) is 26.9. The predicted molar refractivity (Wildman–Crippen MR) is 120 cm³/mol. The third-order valence-corrected chi connectivity index (χ3v) is 6.67. The SMILES string of the molecule is COc1cc(C(=O)OCC2=CC[C@H]3C(C(=O)O)=CO[C@@H](O[C@@H]4O[C@H](CO)[C@@H](O)[C@H](O)[C@H]4O)[C@H]23)ccc1O. The van der Waals surface area contributed by atoms with Crippen LogP contribution in [0.15, 0.2) is 41.7 Å². The van der Waals surface area contributed by atoms with Crippen LogP contribution in [-0.2, 0) is 23.7 Å². The minimum absolute atomic E-state index is 0.0282. The summed E-state index contributed by atoms with van der Waals surface area (Å²) in [5.74, 6) is -3.36. The summed E-state index contributed by atoms with van der Waals surface area (Å²) >= 11 is 0. The van der Waals surface area contributed by atoms with E-state index in [4.69, 9.17) is 23.7 Å². The fourth-order valence-electron chi connectivity index (χ4n) is 4.65. The first kappa shape index (κ1) is 26.9. The largest absolute Gasteiger partial charge is 0.504 e. The van der Waals surface area contributed by atoms with E-state index in [2.05, 4.69) is 0 Å². The Balaban J connectivity index is 1.50. The maximum Gasteiger partial charge on any atom is 0.338 e. The van der Waals surface area contributed by atoms with Crippen molar-refractivity contribution < 1.29 is 63.9 Å². The number of benzene rings is 1. The van der Waals surface area contributed by atoms with Crippen molar-refractivity contribution in [3.8, 4) is 11.5 Å². The summed E-state index contributed by atoms with van der Waals surface area (Å²) in [7, 11) is 1.33.